The molecule has 0 saturated carbocycles. The van der Waals surface area contributed by atoms with Gasteiger partial charge in [0.25, 0.3) is 0 Å². The zero-order chi connectivity index (χ0) is 5.82. The Bertz CT molecular complexity index is 167. The van der Waals surface area contributed by atoms with Crippen LogP contribution in [0, 0.1) is 6.20 Å². The Labute approximate surface area is 48.7 Å². The van der Waals surface area contributed by atoms with Crippen LogP contribution < -0.4 is 0 Å². The Morgan fingerprint density at radius 3 is 3.00 bits per heavy atom. The van der Waals surface area contributed by atoms with Gasteiger partial charge in [0.05, 0.1) is 0 Å². The number of rotatable bonds is 1. The maximum Gasteiger partial charge on any atom is -0.0403 e. The van der Waals surface area contributed by atoms with Crippen molar-refractivity contribution in [1.29, 1.82) is 0 Å². The van der Waals surface area contributed by atoms with Crippen molar-refractivity contribution in [2.45, 2.75) is 0 Å². The molecule has 1 heteroatoms. The first-order valence-corrected chi connectivity index (χ1v) is 2.38. The van der Waals surface area contributed by atoms with E-state index in [0.717, 1.165) is 5.56 Å². The van der Waals surface area contributed by atoms with E-state index in [9.17, 15) is 0 Å². The van der Waals surface area contributed by atoms with Crippen LogP contribution in [0.15, 0.2) is 24.9 Å². The highest BCUT2D eigenvalue weighted by atomic mass is 14.6. The second kappa shape index (κ2) is 2.26. The molecule has 8 heavy (non-hydrogen) atoms. The first-order valence-electron chi connectivity index (χ1n) is 2.38. The summed E-state index contributed by atoms with van der Waals surface area (Å²) in [7, 11) is 0. The lowest BCUT2D eigenvalue weighted by Crippen LogP contribution is -1.71. The normalized spacial score (nSPS) is 8.50. The van der Waals surface area contributed by atoms with Crippen LogP contribution in [0.4, 0.5) is 0 Å². The van der Waals surface area contributed by atoms with Gasteiger partial charge in [-0.05, 0) is 6.20 Å². The summed E-state index contributed by atoms with van der Waals surface area (Å²) in [6.45, 7) is 3.56. The molecule has 1 rings (SSSR count). The lowest BCUT2D eigenvalue weighted by atomic mass is 10.3. The molecule has 0 saturated heterocycles. The summed E-state index contributed by atoms with van der Waals surface area (Å²) < 4.78 is 0. The third-order valence-corrected chi connectivity index (χ3v) is 0.850. The van der Waals surface area contributed by atoms with Crippen LogP contribution in [0.1, 0.15) is 5.56 Å². The van der Waals surface area contributed by atoms with Crippen LogP contribution in [-0.4, -0.2) is 4.98 Å². The van der Waals surface area contributed by atoms with E-state index in [4.69, 9.17) is 0 Å². The second-order valence-corrected chi connectivity index (χ2v) is 1.41. The number of hydrogen-bond donors (Lipinski definition) is 0. The number of pyridine rings is 1. The SMILES string of the molecule is C=Cc1[c-]nccc1. The minimum absolute atomic E-state index is 0.938. The fourth-order valence-electron chi connectivity index (χ4n) is 0.452. The predicted molar refractivity (Wildman–Crippen MR) is 33.2 cm³/mol. The van der Waals surface area contributed by atoms with Crippen LogP contribution >= 0.6 is 0 Å². The van der Waals surface area contributed by atoms with E-state index in [-0.39, 0.29) is 0 Å². The Hall–Kier alpha value is -1.11. The van der Waals surface area contributed by atoms with E-state index in [1.54, 1.807) is 12.3 Å². The fourth-order valence-corrected chi connectivity index (χ4v) is 0.452. The summed E-state index contributed by atoms with van der Waals surface area (Å²) in [5.41, 5.74) is 0.938. The Morgan fingerprint density at radius 1 is 1.75 bits per heavy atom. The molecule has 0 bridgehead atoms. The molecule has 0 fully saturated rings. The summed E-state index contributed by atoms with van der Waals surface area (Å²) in [6.07, 6.45) is 6.15. The maximum atomic E-state index is 3.76. The first-order chi connectivity index (χ1) is 3.93. The highest BCUT2D eigenvalue weighted by molar-refractivity contribution is 5.43. The van der Waals surface area contributed by atoms with Gasteiger partial charge in [-0.1, -0.05) is 6.20 Å². The monoisotopic (exact) mass is 104 g/mol. The first kappa shape index (κ1) is 5.04. The fraction of sp³-hybridized carbons (Fsp3) is 0. The Morgan fingerprint density at radius 2 is 2.62 bits per heavy atom. The summed E-state index contributed by atoms with van der Waals surface area (Å²) in [5, 5.41) is 0. The summed E-state index contributed by atoms with van der Waals surface area (Å²) >= 11 is 0. The molecule has 1 aromatic heterocycles. The second-order valence-electron chi connectivity index (χ2n) is 1.41. The third kappa shape index (κ3) is 0.936. The summed E-state index contributed by atoms with van der Waals surface area (Å²) in [6, 6.07) is 3.76. The van der Waals surface area contributed by atoms with Crippen molar-refractivity contribution in [2.75, 3.05) is 0 Å². The van der Waals surface area contributed by atoms with Crippen molar-refractivity contribution in [2.24, 2.45) is 0 Å². The molecular formula is C7H6N-. The van der Waals surface area contributed by atoms with Crippen molar-refractivity contribution in [1.82, 2.24) is 4.98 Å². The molecule has 40 valence electrons. The minimum atomic E-state index is 0.938. The maximum absolute atomic E-state index is 3.76. The minimum Gasteiger partial charge on any atom is -0.360 e. The van der Waals surface area contributed by atoms with Gasteiger partial charge in [-0.15, -0.1) is 30.4 Å². The van der Waals surface area contributed by atoms with Gasteiger partial charge in [-0.3, -0.25) is 0 Å². The molecule has 0 spiro atoms. The van der Waals surface area contributed by atoms with E-state index >= 15 is 0 Å². The van der Waals surface area contributed by atoms with Crippen molar-refractivity contribution in [3.63, 3.8) is 0 Å². The standard InChI is InChI=1S/C7H6N/c1-2-7-4-3-5-8-6-7/h2-5H,1H2/q-1. The molecule has 0 aromatic carbocycles. The Balaban J connectivity index is 2.99. The quantitative estimate of drug-likeness (QED) is 0.492. The topological polar surface area (TPSA) is 12.9 Å². The van der Waals surface area contributed by atoms with Crippen LogP contribution in [-0.2, 0) is 0 Å². The molecular weight excluding hydrogens is 98.1 g/mol. The largest absolute Gasteiger partial charge is 0.360 e. The van der Waals surface area contributed by atoms with Crippen LogP contribution in [0.5, 0.6) is 0 Å². The third-order valence-electron chi connectivity index (χ3n) is 0.850. The predicted octanol–water partition coefficient (Wildman–Crippen LogP) is 1.52. The zero-order valence-corrected chi connectivity index (χ0v) is 4.46. The highest BCUT2D eigenvalue weighted by Crippen LogP contribution is 1.93. The molecule has 0 amide bonds. The van der Waals surface area contributed by atoms with E-state index in [0.29, 0.717) is 0 Å². The molecule has 1 nitrogen and oxygen atoms in total. The van der Waals surface area contributed by atoms with E-state index in [2.05, 4.69) is 17.8 Å². The number of nitrogens with zero attached hydrogens (tertiary/aromatic N) is 1. The van der Waals surface area contributed by atoms with Gasteiger partial charge in [-0.25, -0.2) is 0 Å². The lowest BCUT2D eigenvalue weighted by Gasteiger charge is -1.94. The van der Waals surface area contributed by atoms with Crippen molar-refractivity contribution in [3.8, 4) is 0 Å². The van der Waals surface area contributed by atoms with Crippen LogP contribution in [0.2, 0.25) is 0 Å². The molecule has 0 aliphatic carbocycles. The molecule has 0 aliphatic heterocycles. The van der Waals surface area contributed by atoms with E-state index in [1.165, 1.54) is 0 Å². The van der Waals surface area contributed by atoms with Gasteiger partial charge in [0.1, 0.15) is 0 Å². The van der Waals surface area contributed by atoms with E-state index < -0.39 is 0 Å². The molecule has 1 heterocycles. The Kier molecular flexibility index (Phi) is 1.42. The molecule has 0 aliphatic rings. The average molecular weight is 104 g/mol. The molecule has 0 atom stereocenters. The van der Waals surface area contributed by atoms with Gasteiger partial charge in [0, 0.05) is 0 Å². The molecule has 0 radical (unpaired) electrons. The van der Waals surface area contributed by atoms with Gasteiger partial charge >= 0.3 is 0 Å². The van der Waals surface area contributed by atoms with Gasteiger partial charge in [0.15, 0.2) is 0 Å². The molecule has 0 N–H and O–H groups in total. The average Bonchev–Trinajstić information content (AvgIpc) is 1.90. The summed E-state index contributed by atoms with van der Waals surface area (Å²) in [5.74, 6) is 0. The van der Waals surface area contributed by atoms with Crippen molar-refractivity contribution >= 4 is 6.08 Å². The smallest absolute Gasteiger partial charge is 0.0403 e. The van der Waals surface area contributed by atoms with Gasteiger partial charge in [0.2, 0.25) is 0 Å². The highest BCUT2D eigenvalue weighted by Gasteiger charge is 1.67. The van der Waals surface area contributed by atoms with Gasteiger partial charge in [-0.2, -0.15) is 0 Å². The molecule has 1 aromatic rings. The van der Waals surface area contributed by atoms with Crippen LogP contribution in [0.25, 0.3) is 6.08 Å². The van der Waals surface area contributed by atoms with Crippen molar-refractivity contribution < 1.29 is 0 Å². The zero-order valence-electron chi connectivity index (χ0n) is 4.46. The van der Waals surface area contributed by atoms with Gasteiger partial charge < -0.3 is 4.98 Å². The number of hydrogen-bond acceptors (Lipinski definition) is 1. The van der Waals surface area contributed by atoms with E-state index in [1.807, 2.05) is 12.1 Å². The van der Waals surface area contributed by atoms with Crippen molar-refractivity contribution in [3.05, 3.63) is 36.7 Å². The lowest BCUT2D eigenvalue weighted by molar-refractivity contribution is 1.30. The molecule has 0 unspecified atom stereocenters. The summed E-state index contributed by atoms with van der Waals surface area (Å²) in [4.78, 5) is 3.76. The van der Waals surface area contributed by atoms with Crippen LogP contribution in [0.3, 0.4) is 0 Å². The number of aromatic nitrogens is 1.